The van der Waals surface area contributed by atoms with E-state index in [0.29, 0.717) is 19.4 Å². The fourth-order valence-electron chi connectivity index (χ4n) is 5.43. The molecule has 0 spiro atoms. The maximum absolute atomic E-state index is 12.4. The zero-order chi connectivity index (χ0) is 22.8. The minimum atomic E-state index is -0.370. The van der Waals surface area contributed by atoms with E-state index in [-0.39, 0.29) is 17.7 Å². The molecule has 2 aromatic carbocycles. The lowest BCUT2D eigenvalue weighted by molar-refractivity contribution is -0.134. The van der Waals surface area contributed by atoms with Crippen LogP contribution in [0.1, 0.15) is 56.4 Å². The summed E-state index contributed by atoms with van der Waals surface area (Å²) in [5.74, 6) is 0.854. The summed E-state index contributed by atoms with van der Waals surface area (Å²) in [5, 5.41) is 5.48. The van der Waals surface area contributed by atoms with Gasteiger partial charge in [-0.1, -0.05) is 25.3 Å². The third kappa shape index (κ3) is 4.76. The Morgan fingerprint density at radius 1 is 1.09 bits per heavy atom. The molecule has 2 aliphatic rings. The number of benzene rings is 2. The number of fused-ring (bicyclic) bond motifs is 3. The highest BCUT2D eigenvalue weighted by atomic mass is 16.5. The minimum absolute atomic E-state index is 0.208. The molecule has 2 amide bonds. The summed E-state index contributed by atoms with van der Waals surface area (Å²) in [6.45, 7) is 2.72. The molecule has 1 aliphatic heterocycles. The maximum atomic E-state index is 12.4. The maximum Gasteiger partial charge on any atom is 0.234 e. The number of rotatable bonds is 7. The van der Waals surface area contributed by atoms with E-state index in [1.165, 1.54) is 32.1 Å². The summed E-state index contributed by atoms with van der Waals surface area (Å²) < 4.78 is 11.8. The van der Waals surface area contributed by atoms with E-state index in [9.17, 15) is 9.59 Å². The number of hydrogen-bond acceptors (Lipinski definition) is 5. The lowest BCUT2D eigenvalue weighted by Crippen LogP contribution is -2.39. The van der Waals surface area contributed by atoms with Gasteiger partial charge in [-0.2, -0.15) is 0 Å². The van der Waals surface area contributed by atoms with Gasteiger partial charge in [0.15, 0.2) is 0 Å². The van der Waals surface area contributed by atoms with Gasteiger partial charge in [0.05, 0.1) is 12.2 Å². The number of nitrogens with zero attached hydrogens (tertiary/aromatic N) is 1. The summed E-state index contributed by atoms with van der Waals surface area (Å²) in [6, 6.07) is 10.1. The standard InChI is InChI=1S/C27H32N2O4/c1-29(16-18-5-3-2-4-6-18)13-14-32-20-8-9-21-19(15-20)7-11-24-26(21)23(17-33-24)22-10-12-25(30)28-27(22)31/h7-9,11,15,17-18,22H,2-6,10,12-14,16H2,1H3,(H,28,30,31)/t22-/m0/s1. The number of amides is 2. The Labute approximate surface area is 194 Å². The summed E-state index contributed by atoms with van der Waals surface area (Å²) >= 11 is 0. The molecule has 0 bridgehead atoms. The summed E-state index contributed by atoms with van der Waals surface area (Å²) in [4.78, 5) is 26.4. The van der Waals surface area contributed by atoms with E-state index in [4.69, 9.17) is 9.15 Å². The number of carbonyl (C=O) groups is 2. The lowest BCUT2D eigenvalue weighted by atomic mass is 9.89. The molecule has 0 radical (unpaired) electrons. The zero-order valence-corrected chi connectivity index (χ0v) is 19.3. The van der Waals surface area contributed by atoms with Crippen molar-refractivity contribution < 1.29 is 18.7 Å². The van der Waals surface area contributed by atoms with Crippen LogP contribution in [-0.4, -0.2) is 43.5 Å². The van der Waals surface area contributed by atoms with Crippen LogP contribution in [0.15, 0.2) is 41.0 Å². The van der Waals surface area contributed by atoms with Gasteiger partial charge < -0.3 is 14.1 Å². The van der Waals surface area contributed by atoms with E-state index < -0.39 is 0 Å². The van der Waals surface area contributed by atoms with E-state index >= 15 is 0 Å². The molecule has 174 valence electrons. The molecule has 2 heterocycles. The molecule has 6 heteroatoms. The topological polar surface area (TPSA) is 71.8 Å². The first-order chi connectivity index (χ1) is 16.1. The monoisotopic (exact) mass is 448 g/mol. The predicted octanol–water partition coefficient (Wildman–Crippen LogP) is 5.00. The second kappa shape index (κ2) is 9.56. The average Bonchev–Trinajstić information content (AvgIpc) is 3.24. The number of carbonyl (C=O) groups excluding carboxylic acids is 2. The van der Waals surface area contributed by atoms with Gasteiger partial charge in [0.2, 0.25) is 11.8 Å². The Morgan fingerprint density at radius 2 is 1.94 bits per heavy atom. The van der Waals surface area contributed by atoms with Crippen LogP contribution < -0.4 is 10.1 Å². The van der Waals surface area contributed by atoms with Crippen LogP contribution in [0.3, 0.4) is 0 Å². The highest BCUT2D eigenvalue weighted by Gasteiger charge is 2.31. The fraction of sp³-hybridized carbons (Fsp3) is 0.481. The van der Waals surface area contributed by atoms with Crippen LogP contribution in [0.5, 0.6) is 5.75 Å². The highest BCUT2D eigenvalue weighted by Crippen LogP contribution is 2.37. The number of piperidine rings is 1. The van der Waals surface area contributed by atoms with Crippen LogP contribution in [0.2, 0.25) is 0 Å². The Hall–Kier alpha value is -2.86. The van der Waals surface area contributed by atoms with Crippen LogP contribution in [-0.2, 0) is 9.59 Å². The predicted molar refractivity (Wildman–Crippen MR) is 128 cm³/mol. The first-order valence-corrected chi connectivity index (χ1v) is 12.2. The van der Waals surface area contributed by atoms with E-state index in [2.05, 4.69) is 23.3 Å². The third-order valence-electron chi connectivity index (χ3n) is 7.21. The molecule has 1 aliphatic carbocycles. The Kier molecular flexibility index (Phi) is 6.36. The summed E-state index contributed by atoms with van der Waals surface area (Å²) in [7, 11) is 2.19. The van der Waals surface area contributed by atoms with Crippen molar-refractivity contribution in [1.82, 2.24) is 10.2 Å². The van der Waals surface area contributed by atoms with E-state index in [1.54, 1.807) is 6.26 Å². The van der Waals surface area contributed by atoms with Gasteiger partial charge in [0, 0.05) is 30.5 Å². The number of nitrogens with one attached hydrogen (secondary N) is 1. The van der Waals surface area contributed by atoms with Gasteiger partial charge in [-0.15, -0.1) is 0 Å². The van der Waals surface area contributed by atoms with Crippen molar-refractivity contribution in [2.45, 2.75) is 50.9 Å². The molecule has 1 saturated carbocycles. The number of imide groups is 1. The number of furan rings is 1. The second-order valence-corrected chi connectivity index (χ2v) is 9.63. The first kappa shape index (κ1) is 22.0. The fourth-order valence-corrected chi connectivity index (χ4v) is 5.43. The number of hydrogen-bond donors (Lipinski definition) is 1. The minimum Gasteiger partial charge on any atom is -0.492 e. The smallest absolute Gasteiger partial charge is 0.234 e. The van der Waals surface area contributed by atoms with E-state index in [0.717, 1.165) is 52.1 Å². The molecular weight excluding hydrogens is 416 g/mol. The zero-order valence-electron chi connectivity index (χ0n) is 19.3. The van der Waals surface area contributed by atoms with Crippen molar-refractivity contribution in [2.24, 2.45) is 5.92 Å². The second-order valence-electron chi connectivity index (χ2n) is 9.63. The Bertz CT molecular complexity index is 1160. The number of ether oxygens (including phenoxy) is 1. The SMILES string of the molecule is CN(CCOc1ccc2c(ccc3occ([C@@H]4CCC(=O)NC4=O)c32)c1)CC1CCCCC1. The summed E-state index contributed by atoms with van der Waals surface area (Å²) in [5.41, 5.74) is 1.60. The van der Waals surface area contributed by atoms with Crippen molar-refractivity contribution in [3.8, 4) is 5.75 Å². The van der Waals surface area contributed by atoms with Gasteiger partial charge in [-0.05, 0) is 67.3 Å². The van der Waals surface area contributed by atoms with Crippen LogP contribution >= 0.6 is 0 Å². The van der Waals surface area contributed by atoms with E-state index in [1.807, 2.05) is 24.3 Å². The molecule has 1 aromatic heterocycles. The largest absolute Gasteiger partial charge is 0.492 e. The van der Waals surface area contributed by atoms with Crippen molar-refractivity contribution in [3.63, 3.8) is 0 Å². The molecule has 0 unspecified atom stereocenters. The molecule has 6 nitrogen and oxygen atoms in total. The van der Waals surface area contributed by atoms with Crippen molar-refractivity contribution in [3.05, 3.63) is 42.2 Å². The van der Waals surface area contributed by atoms with Crippen LogP contribution in [0, 0.1) is 5.92 Å². The molecule has 2 fully saturated rings. The summed E-state index contributed by atoms with van der Waals surface area (Å²) in [6.07, 6.45) is 9.38. The molecule has 1 atom stereocenters. The first-order valence-electron chi connectivity index (χ1n) is 12.2. The lowest BCUT2D eigenvalue weighted by Gasteiger charge is -2.26. The van der Waals surface area contributed by atoms with Crippen molar-refractivity contribution in [2.75, 3.05) is 26.7 Å². The van der Waals surface area contributed by atoms with Crippen LogP contribution in [0.4, 0.5) is 0 Å². The van der Waals surface area contributed by atoms with Gasteiger partial charge in [-0.3, -0.25) is 14.9 Å². The molecule has 33 heavy (non-hydrogen) atoms. The highest BCUT2D eigenvalue weighted by molar-refractivity contribution is 6.10. The van der Waals surface area contributed by atoms with Crippen molar-refractivity contribution in [1.29, 1.82) is 0 Å². The molecular formula is C27H32N2O4. The van der Waals surface area contributed by atoms with Crippen LogP contribution in [0.25, 0.3) is 21.7 Å². The quantitative estimate of drug-likeness (QED) is 0.515. The molecule has 1 N–H and O–H groups in total. The third-order valence-corrected chi connectivity index (χ3v) is 7.21. The Balaban J connectivity index is 1.29. The van der Waals surface area contributed by atoms with Crippen molar-refractivity contribution >= 4 is 33.6 Å². The molecule has 1 saturated heterocycles. The van der Waals surface area contributed by atoms with Gasteiger partial charge in [-0.25, -0.2) is 0 Å². The molecule has 5 rings (SSSR count). The van der Waals surface area contributed by atoms with Gasteiger partial charge >= 0.3 is 0 Å². The normalized spacial score (nSPS) is 20.0. The number of likely N-dealkylation sites (N-methyl/N-ethyl adjacent to an activating group) is 1. The van der Waals surface area contributed by atoms with Gasteiger partial charge in [0.25, 0.3) is 0 Å². The molecule has 3 aromatic rings. The van der Waals surface area contributed by atoms with Gasteiger partial charge in [0.1, 0.15) is 17.9 Å². The average molecular weight is 449 g/mol. The Morgan fingerprint density at radius 3 is 2.76 bits per heavy atom.